The van der Waals surface area contributed by atoms with Gasteiger partial charge in [0.2, 0.25) is 0 Å². The highest BCUT2D eigenvalue weighted by atomic mass is 19.1. The first-order chi connectivity index (χ1) is 20.4. The summed E-state index contributed by atoms with van der Waals surface area (Å²) in [4.78, 5) is 32.7. The highest BCUT2D eigenvalue weighted by Crippen LogP contribution is 2.25. The number of carbonyl (C=O) groups is 2. The maximum absolute atomic E-state index is 13.6. The zero-order valence-corrected chi connectivity index (χ0v) is 24.7. The first kappa shape index (κ1) is 31.6. The van der Waals surface area contributed by atoms with E-state index in [1.807, 2.05) is 45.0 Å². The van der Waals surface area contributed by atoms with Crippen LogP contribution in [0.1, 0.15) is 49.5 Å². The Morgan fingerprint density at radius 1 is 1.02 bits per heavy atom. The summed E-state index contributed by atoms with van der Waals surface area (Å²) in [6, 6.07) is 12.7. The van der Waals surface area contributed by atoms with E-state index >= 15 is 0 Å². The molecule has 1 amide bonds. The Balaban J connectivity index is 1.31. The van der Waals surface area contributed by atoms with Crippen molar-refractivity contribution in [1.82, 2.24) is 9.88 Å². The van der Waals surface area contributed by atoms with Crippen LogP contribution in [0.3, 0.4) is 0 Å². The summed E-state index contributed by atoms with van der Waals surface area (Å²) in [5.74, 6) is -1.83. The lowest BCUT2D eigenvalue weighted by molar-refractivity contribution is -0.155. The summed E-state index contributed by atoms with van der Waals surface area (Å²) in [7, 11) is 0. The van der Waals surface area contributed by atoms with E-state index in [-0.39, 0.29) is 30.7 Å². The first-order valence-electron chi connectivity index (χ1n) is 14.2. The van der Waals surface area contributed by atoms with E-state index in [9.17, 15) is 18.4 Å². The Labute approximate surface area is 250 Å². The second-order valence-electron chi connectivity index (χ2n) is 11.5. The molecule has 0 saturated carbocycles. The number of pyridine rings is 1. The molecule has 1 aliphatic heterocycles. The lowest BCUT2D eigenvalue weighted by atomic mass is 10.1. The van der Waals surface area contributed by atoms with Gasteiger partial charge in [0, 0.05) is 68.8 Å². The van der Waals surface area contributed by atoms with Crippen LogP contribution in [0.2, 0.25) is 0 Å². The molecule has 1 unspecified atom stereocenters. The molecule has 6 N–H and O–H groups in total. The minimum absolute atomic E-state index is 0.0784. The number of piperazine rings is 1. The van der Waals surface area contributed by atoms with Gasteiger partial charge in [0.1, 0.15) is 23.1 Å². The lowest BCUT2D eigenvalue weighted by Gasteiger charge is -2.39. The van der Waals surface area contributed by atoms with E-state index in [4.69, 9.17) is 16.2 Å². The van der Waals surface area contributed by atoms with Gasteiger partial charge in [0.05, 0.1) is 17.4 Å². The van der Waals surface area contributed by atoms with Gasteiger partial charge in [0.15, 0.2) is 0 Å². The molecule has 1 atom stereocenters. The number of nitrogens with one attached hydrogen (secondary N) is 2. The molecule has 2 heterocycles. The fourth-order valence-electron chi connectivity index (χ4n) is 4.83. The number of ether oxygens (including phenoxy) is 1. The van der Waals surface area contributed by atoms with Crippen LogP contribution in [-0.2, 0) is 16.1 Å². The first-order valence-corrected chi connectivity index (χ1v) is 14.2. The normalized spacial score (nSPS) is 14.7. The summed E-state index contributed by atoms with van der Waals surface area (Å²) in [5, 5.41) is 6.23. The SMILES string of the molecule is CC(C)(C)OC(=O)CCC(N)N1CCN(c2ccc(Nc3cc(NCc4cc(F)cc(F)c4)c(C(N)=O)cn3)cc2)CC1. The van der Waals surface area contributed by atoms with E-state index in [0.717, 1.165) is 43.6 Å². The summed E-state index contributed by atoms with van der Waals surface area (Å²) in [6.45, 7) is 8.79. The Morgan fingerprint density at radius 3 is 2.28 bits per heavy atom. The van der Waals surface area contributed by atoms with Crippen molar-refractivity contribution in [2.75, 3.05) is 41.7 Å². The van der Waals surface area contributed by atoms with Crippen molar-refractivity contribution in [1.29, 1.82) is 0 Å². The number of hydrogen-bond acceptors (Lipinski definition) is 9. The molecule has 0 radical (unpaired) electrons. The zero-order valence-electron chi connectivity index (χ0n) is 24.7. The van der Waals surface area contributed by atoms with Crippen LogP contribution in [0.15, 0.2) is 54.7 Å². The number of halogens is 2. The van der Waals surface area contributed by atoms with E-state index in [2.05, 4.69) is 25.4 Å². The summed E-state index contributed by atoms with van der Waals surface area (Å²) >= 11 is 0. The van der Waals surface area contributed by atoms with Crippen LogP contribution >= 0.6 is 0 Å². The average Bonchev–Trinajstić information content (AvgIpc) is 2.94. The Kier molecular flexibility index (Phi) is 10.1. The van der Waals surface area contributed by atoms with Crippen LogP contribution in [-0.4, -0.2) is 59.7 Å². The third-order valence-corrected chi connectivity index (χ3v) is 6.93. The third-order valence-electron chi connectivity index (χ3n) is 6.93. The Morgan fingerprint density at radius 2 is 1.67 bits per heavy atom. The average molecular weight is 596 g/mol. The van der Waals surface area contributed by atoms with E-state index < -0.39 is 23.1 Å². The lowest BCUT2D eigenvalue weighted by Crippen LogP contribution is -2.53. The van der Waals surface area contributed by atoms with Crippen molar-refractivity contribution in [3.8, 4) is 0 Å². The van der Waals surface area contributed by atoms with Crippen LogP contribution < -0.4 is 27.0 Å². The maximum atomic E-state index is 13.6. The van der Waals surface area contributed by atoms with Gasteiger partial charge in [-0.3, -0.25) is 14.5 Å². The predicted molar refractivity (Wildman–Crippen MR) is 163 cm³/mol. The Bertz CT molecular complexity index is 1400. The number of carbonyl (C=O) groups excluding carboxylic acids is 2. The number of nitrogens with zero attached hydrogens (tertiary/aromatic N) is 3. The van der Waals surface area contributed by atoms with Crippen LogP contribution in [0.4, 0.5) is 31.7 Å². The molecule has 1 fully saturated rings. The molecule has 0 bridgehead atoms. The number of esters is 1. The zero-order chi connectivity index (χ0) is 31.1. The van der Waals surface area contributed by atoms with E-state index in [1.165, 1.54) is 18.3 Å². The smallest absolute Gasteiger partial charge is 0.306 e. The molecule has 0 aliphatic carbocycles. The molecule has 12 heteroatoms. The molecule has 10 nitrogen and oxygen atoms in total. The van der Waals surface area contributed by atoms with Crippen LogP contribution in [0.5, 0.6) is 0 Å². The third kappa shape index (κ3) is 9.35. The fourth-order valence-corrected chi connectivity index (χ4v) is 4.83. The van der Waals surface area contributed by atoms with Crippen molar-refractivity contribution < 1.29 is 23.1 Å². The molecule has 2 aromatic carbocycles. The largest absolute Gasteiger partial charge is 0.460 e. The number of aromatic nitrogens is 1. The monoisotopic (exact) mass is 595 g/mol. The second-order valence-corrected chi connectivity index (χ2v) is 11.5. The fraction of sp³-hybridized carbons (Fsp3) is 0.387. The highest BCUT2D eigenvalue weighted by Gasteiger charge is 2.23. The number of amides is 1. The molecule has 3 aromatic rings. The second kappa shape index (κ2) is 13.8. The van der Waals surface area contributed by atoms with E-state index in [0.29, 0.717) is 23.5 Å². The highest BCUT2D eigenvalue weighted by molar-refractivity contribution is 5.98. The van der Waals surface area contributed by atoms with Crippen molar-refractivity contribution in [2.24, 2.45) is 11.5 Å². The number of primary amides is 1. The van der Waals surface area contributed by atoms with Crippen molar-refractivity contribution in [2.45, 2.75) is 51.9 Å². The van der Waals surface area contributed by atoms with Crippen molar-refractivity contribution in [3.63, 3.8) is 0 Å². The van der Waals surface area contributed by atoms with Gasteiger partial charge >= 0.3 is 5.97 Å². The van der Waals surface area contributed by atoms with Gasteiger partial charge in [-0.05, 0) is 69.2 Å². The number of benzene rings is 2. The number of anilines is 4. The van der Waals surface area contributed by atoms with Gasteiger partial charge in [-0.2, -0.15) is 0 Å². The topological polar surface area (TPSA) is 139 Å². The summed E-state index contributed by atoms with van der Waals surface area (Å²) < 4.78 is 32.5. The van der Waals surface area contributed by atoms with E-state index in [1.54, 1.807) is 6.07 Å². The van der Waals surface area contributed by atoms with Gasteiger partial charge in [-0.25, -0.2) is 13.8 Å². The summed E-state index contributed by atoms with van der Waals surface area (Å²) in [5.41, 5.74) is 14.1. The Hall–Kier alpha value is -4.29. The summed E-state index contributed by atoms with van der Waals surface area (Å²) in [6.07, 6.45) is 1.98. The minimum atomic E-state index is -0.687. The molecular formula is C31H39F2N7O3. The van der Waals surface area contributed by atoms with Gasteiger partial charge in [-0.15, -0.1) is 0 Å². The molecule has 1 aliphatic rings. The minimum Gasteiger partial charge on any atom is -0.460 e. The van der Waals surface area contributed by atoms with Gasteiger partial charge in [-0.1, -0.05) is 0 Å². The molecule has 1 saturated heterocycles. The molecule has 1 aromatic heterocycles. The standard InChI is InChI=1S/C31H39F2N7O3/c1-31(2,3)43-29(41)9-8-27(34)40-12-10-39(11-13-40)24-6-4-23(5-7-24)38-28-17-26(25(19-37-28)30(35)42)36-18-20-14-21(32)16-22(33)15-20/h4-7,14-17,19,27H,8-13,18,34H2,1-3H3,(H2,35,42)(H2,36,37,38). The number of nitrogens with two attached hydrogens (primary N) is 2. The maximum Gasteiger partial charge on any atom is 0.306 e. The molecular weight excluding hydrogens is 556 g/mol. The van der Waals surface area contributed by atoms with Crippen LogP contribution in [0.25, 0.3) is 0 Å². The number of hydrogen-bond donors (Lipinski definition) is 4. The quantitative estimate of drug-likeness (QED) is 0.238. The predicted octanol–water partition coefficient (Wildman–Crippen LogP) is 4.34. The molecule has 43 heavy (non-hydrogen) atoms. The van der Waals surface area contributed by atoms with Crippen molar-refractivity contribution in [3.05, 3.63) is 77.5 Å². The number of rotatable bonds is 11. The van der Waals surface area contributed by atoms with Crippen molar-refractivity contribution >= 4 is 34.8 Å². The van der Waals surface area contributed by atoms with Gasteiger partial charge < -0.3 is 31.7 Å². The van der Waals surface area contributed by atoms with Gasteiger partial charge in [0.25, 0.3) is 5.91 Å². The molecule has 4 rings (SSSR count). The molecule has 230 valence electrons. The molecule has 0 spiro atoms. The van der Waals surface area contributed by atoms with Crippen LogP contribution in [0, 0.1) is 11.6 Å².